The highest BCUT2D eigenvalue weighted by Gasteiger charge is 2.31. The molecule has 0 saturated carbocycles. The molecule has 1 aliphatic carbocycles. The SMILES string of the molecule is C=CCC1N=NC2=CCC=CC2C1=O. The van der Waals surface area contributed by atoms with Crippen molar-refractivity contribution >= 4 is 5.78 Å². The van der Waals surface area contributed by atoms with E-state index in [1.807, 2.05) is 18.2 Å². The Labute approximate surface area is 82.9 Å². The second-order valence-electron chi connectivity index (χ2n) is 3.43. The second kappa shape index (κ2) is 3.70. The van der Waals surface area contributed by atoms with Gasteiger partial charge in [0.2, 0.25) is 0 Å². The van der Waals surface area contributed by atoms with E-state index < -0.39 is 0 Å². The van der Waals surface area contributed by atoms with Gasteiger partial charge in [-0.25, -0.2) is 0 Å². The number of allylic oxidation sites excluding steroid dienone is 3. The highest BCUT2D eigenvalue weighted by molar-refractivity contribution is 5.91. The first-order chi connectivity index (χ1) is 6.83. The summed E-state index contributed by atoms with van der Waals surface area (Å²) < 4.78 is 0. The molecule has 0 amide bonds. The molecule has 72 valence electrons. The molecule has 14 heavy (non-hydrogen) atoms. The average molecular weight is 188 g/mol. The molecule has 0 fully saturated rings. The zero-order chi connectivity index (χ0) is 9.97. The molecule has 2 rings (SSSR count). The molecule has 0 spiro atoms. The fourth-order valence-electron chi connectivity index (χ4n) is 1.69. The number of nitrogens with zero attached hydrogens (tertiary/aromatic N) is 2. The van der Waals surface area contributed by atoms with Crippen LogP contribution in [-0.2, 0) is 4.79 Å². The summed E-state index contributed by atoms with van der Waals surface area (Å²) in [6, 6.07) is -0.322. The van der Waals surface area contributed by atoms with Crippen molar-refractivity contribution in [2.24, 2.45) is 16.1 Å². The first kappa shape index (κ1) is 9.06. The third-order valence-corrected chi connectivity index (χ3v) is 2.45. The molecule has 0 saturated heterocycles. The van der Waals surface area contributed by atoms with Crippen LogP contribution in [0.5, 0.6) is 0 Å². The van der Waals surface area contributed by atoms with Gasteiger partial charge in [0, 0.05) is 0 Å². The highest BCUT2D eigenvalue weighted by atomic mass is 16.1. The lowest BCUT2D eigenvalue weighted by Crippen LogP contribution is -2.30. The van der Waals surface area contributed by atoms with Crippen LogP contribution in [0.25, 0.3) is 0 Å². The lowest BCUT2D eigenvalue weighted by molar-refractivity contribution is -0.122. The second-order valence-corrected chi connectivity index (χ2v) is 3.43. The van der Waals surface area contributed by atoms with Gasteiger partial charge in [0.15, 0.2) is 5.78 Å². The van der Waals surface area contributed by atoms with Crippen LogP contribution in [-0.4, -0.2) is 11.8 Å². The van der Waals surface area contributed by atoms with Crippen LogP contribution < -0.4 is 0 Å². The van der Waals surface area contributed by atoms with Gasteiger partial charge in [0.1, 0.15) is 6.04 Å². The van der Waals surface area contributed by atoms with Crippen molar-refractivity contribution in [1.82, 2.24) is 0 Å². The van der Waals surface area contributed by atoms with E-state index in [-0.39, 0.29) is 17.7 Å². The summed E-state index contributed by atoms with van der Waals surface area (Å²) in [4.78, 5) is 11.9. The molecule has 2 unspecified atom stereocenters. The summed E-state index contributed by atoms with van der Waals surface area (Å²) in [7, 11) is 0. The van der Waals surface area contributed by atoms with E-state index in [1.165, 1.54) is 0 Å². The summed E-state index contributed by atoms with van der Waals surface area (Å²) in [6.45, 7) is 3.61. The summed E-state index contributed by atoms with van der Waals surface area (Å²) in [5.41, 5.74) is 0.804. The predicted octanol–water partition coefficient (Wildman–Crippen LogP) is 2.43. The Balaban J connectivity index is 2.26. The maximum atomic E-state index is 11.9. The average Bonchev–Trinajstić information content (AvgIpc) is 2.23. The standard InChI is InChI=1S/C11H12N2O/c1-2-5-10-11(14)8-6-3-4-7-9(8)12-13-10/h2-3,6-8,10H,1,4-5H2. The Morgan fingerprint density at radius 3 is 3.29 bits per heavy atom. The van der Waals surface area contributed by atoms with Crippen LogP contribution >= 0.6 is 0 Å². The molecule has 0 aromatic rings. The van der Waals surface area contributed by atoms with Crippen molar-refractivity contribution < 1.29 is 4.79 Å². The van der Waals surface area contributed by atoms with Gasteiger partial charge in [0.25, 0.3) is 0 Å². The van der Waals surface area contributed by atoms with Crippen LogP contribution in [0.3, 0.4) is 0 Å². The molecule has 0 aromatic carbocycles. The van der Waals surface area contributed by atoms with Crippen LogP contribution in [0, 0.1) is 5.92 Å². The van der Waals surface area contributed by atoms with Crippen molar-refractivity contribution in [3.63, 3.8) is 0 Å². The maximum Gasteiger partial charge on any atom is 0.172 e. The first-order valence-electron chi connectivity index (χ1n) is 4.75. The minimum Gasteiger partial charge on any atom is -0.296 e. The van der Waals surface area contributed by atoms with E-state index in [1.54, 1.807) is 6.08 Å². The van der Waals surface area contributed by atoms with Gasteiger partial charge in [-0.3, -0.25) is 4.79 Å². The first-order valence-corrected chi connectivity index (χ1v) is 4.75. The smallest absolute Gasteiger partial charge is 0.172 e. The van der Waals surface area contributed by atoms with E-state index in [2.05, 4.69) is 16.8 Å². The van der Waals surface area contributed by atoms with Gasteiger partial charge >= 0.3 is 0 Å². The molecule has 0 aromatic heterocycles. The zero-order valence-corrected chi connectivity index (χ0v) is 7.89. The van der Waals surface area contributed by atoms with Gasteiger partial charge in [-0.2, -0.15) is 10.2 Å². The molecule has 3 nitrogen and oxygen atoms in total. The van der Waals surface area contributed by atoms with Crippen LogP contribution in [0.4, 0.5) is 0 Å². The number of fused-ring (bicyclic) bond motifs is 1. The summed E-state index contributed by atoms with van der Waals surface area (Å²) in [5, 5.41) is 8.05. The summed E-state index contributed by atoms with van der Waals surface area (Å²) in [6.07, 6.45) is 9.02. The van der Waals surface area contributed by atoms with Crippen LogP contribution in [0.15, 0.2) is 46.8 Å². The topological polar surface area (TPSA) is 41.8 Å². The quantitative estimate of drug-likeness (QED) is 0.613. The van der Waals surface area contributed by atoms with Crippen LogP contribution in [0.1, 0.15) is 12.8 Å². The molecule has 0 bridgehead atoms. The van der Waals surface area contributed by atoms with Crippen molar-refractivity contribution in [1.29, 1.82) is 0 Å². The molecule has 3 heteroatoms. The molecule has 0 radical (unpaired) electrons. The summed E-state index contributed by atoms with van der Waals surface area (Å²) in [5.74, 6) is -0.0201. The van der Waals surface area contributed by atoms with Crippen LogP contribution in [0.2, 0.25) is 0 Å². The van der Waals surface area contributed by atoms with E-state index in [4.69, 9.17) is 0 Å². The summed E-state index contributed by atoms with van der Waals surface area (Å²) >= 11 is 0. The van der Waals surface area contributed by atoms with E-state index >= 15 is 0 Å². The van der Waals surface area contributed by atoms with Gasteiger partial charge in [-0.1, -0.05) is 24.3 Å². The Hall–Kier alpha value is -1.51. The van der Waals surface area contributed by atoms with Gasteiger partial charge in [-0.05, 0) is 12.8 Å². The minimum atomic E-state index is -0.322. The van der Waals surface area contributed by atoms with Crippen molar-refractivity contribution in [3.05, 3.63) is 36.6 Å². The third kappa shape index (κ3) is 1.45. The maximum absolute atomic E-state index is 11.9. The largest absolute Gasteiger partial charge is 0.296 e. The van der Waals surface area contributed by atoms with Gasteiger partial charge < -0.3 is 0 Å². The van der Waals surface area contributed by atoms with Crippen molar-refractivity contribution in [3.8, 4) is 0 Å². The Morgan fingerprint density at radius 1 is 1.64 bits per heavy atom. The van der Waals surface area contributed by atoms with Gasteiger partial charge in [-0.15, -0.1) is 6.58 Å². The lowest BCUT2D eigenvalue weighted by Gasteiger charge is -2.22. The number of Topliss-reactive ketones (excluding diaryl/α,β-unsaturated/α-hetero) is 1. The molecule has 2 aliphatic rings. The number of hydrogen-bond acceptors (Lipinski definition) is 3. The normalized spacial score (nSPS) is 29.7. The Bertz CT molecular complexity index is 352. The number of carbonyl (C=O) groups is 1. The predicted molar refractivity (Wildman–Crippen MR) is 53.8 cm³/mol. The lowest BCUT2D eigenvalue weighted by atomic mass is 9.89. The van der Waals surface area contributed by atoms with Crippen molar-refractivity contribution in [2.75, 3.05) is 0 Å². The van der Waals surface area contributed by atoms with E-state index in [9.17, 15) is 4.79 Å². The fraction of sp³-hybridized carbons (Fsp3) is 0.364. The number of rotatable bonds is 2. The molecular weight excluding hydrogens is 176 g/mol. The number of azo groups is 1. The fourth-order valence-corrected chi connectivity index (χ4v) is 1.69. The number of hydrogen-bond donors (Lipinski definition) is 0. The third-order valence-electron chi connectivity index (χ3n) is 2.45. The Morgan fingerprint density at radius 2 is 2.50 bits per heavy atom. The molecule has 2 atom stereocenters. The molecule has 1 heterocycles. The van der Waals surface area contributed by atoms with E-state index in [0.29, 0.717) is 6.42 Å². The zero-order valence-electron chi connectivity index (χ0n) is 7.89. The molecule has 1 aliphatic heterocycles. The van der Waals surface area contributed by atoms with E-state index in [0.717, 1.165) is 12.1 Å². The van der Waals surface area contributed by atoms with Crippen molar-refractivity contribution in [2.45, 2.75) is 18.9 Å². The monoisotopic (exact) mass is 188 g/mol. The molecular formula is C11H12N2O. The number of carbonyl (C=O) groups excluding carboxylic acids is 1. The molecule has 0 N–H and O–H groups in total. The minimum absolute atomic E-state index is 0.141. The highest BCUT2D eigenvalue weighted by Crippen LogP contribution is 2.28. The van der Waals surface area contributed by atoms with Gasteiger partial charge in [0.05, 0.1) is 11.6 Å². The number of ketones is 1. The Kier molecular flexibility index (Phi) is 2.39.